The smallest absolute Gasteiger partial charge is 0.328 e. The van der Waals surface area contributed by atoms with Crippen LogP contribution in [0.25, 0.3) is 0 Å². The van der Waals surface area contributed by atoms with Crippen LogP contribution in [-0.2, 0) is 16.0 Å². The van der Waals surface area contributed by atoms with E-state index in [0.717, 1.165) is 16.9 Å². The molecule has 1 atom stereocenters. The molecule has 0 unspecified atom stereocenters. The number of nitrogens with one attached hydrogen (secondary N) is 2. The first-order chi connectivity index (χ1) is 13.6. The number of carbonyl (C=O) groups is 3. The van der Waals surface area contributed by atoms with Gasteiger partial charge in [-0.2, -0.15) is 0 Å². The average Bonchev–Trinajstić information content (AvgIpc) is 3.40. The minimum absolute atomic E-state index is 0.174. The molecule has 28 heavy (non-hydrogen) atoms. The van der Waals surface area contributed by atoms with Crippen molar-refractivity contribution >= 4 is 34.1 Å². The number of rotatable bonds is 7. The first-order valence-corrected chi connectivity index (χ1v) is 9.26. The molecule has 2 heterocycles. The molecule has 0 saturated heterocycles. The summed E-state index contributed by atoms with van der Waals surface area (Å²) >= 11 is 1.10. The molecule has 0 aliphatic rings. The van der Waals surface area contributed by atoms with Crippen molar-refractivity contribution in [3.8, 4) is 0 Å². The van der Waals surface area contributed by atoms with Crippen LogP contribution in [0.4, 0.5) is 5.00 Å². The van der Waals surface area contributed by atoms with Crippen molar-refractivity contribution in [2.24, 2.45) is 0 Å². The van der Waals surface area contributed by atoms with Gasteiger partial charge in [0.25, 0.3) is 11.8 Å². The normalized spacial score (nSPS) is 11.5. The number of hydrogen-bond acceptors (Lipinski definition) is 6. The minimum atomic E-state index is -0.817. The molecular formula is C20H18N2O5S. The van der Waals surface area contributed by atoms with Crippen molar-refractivity contribution in [2.45, 2.75) is 12.5 Å². The van der Waals surface area contributed by atoms with Crippen LogP contribution in [0.15, 0.2) is 65.3 Å². The highest BCUT2D eigenvalue weighted by Gasteiger charge is 2.23. The summed E-state index contributed by atoms with van der Waals surface area (Å²) < 4.78 is 9.83. The van der Waals surface area contributed by atoms with Gasteiger partial charge < -0.3 is 19.8 Å². The van der Waals surface area contributed by atoms with Crippen LogP contribution >= 0.6 is 11.3 Å². The fraction of sp³-hybridized carbons (Fsp3) is 0.150. The molecule has 1 aromatic carbocycles. The van der Waals surface area contributed by atoms with Crippen molar-refractivity contribution in [3.05, 3.63) is 77.1 Å². The Labute approximate surface area is 165 Å². The summed E-state index contributed by atoms with van der Waals surface area (Å²) in [4.78, 5) is 37.0. The van der Waals surface area contributed by atoms with Crippen LogP contribution < -0.4 is 10.6 Å². The molecule has 0 fully saturated rings. The Morgan fingerprint density at radius 2 is 1.82 bits per heavy atom. The molecule has 0 spiro atoms. The number of ether oxygens (including phenoxy) is 1. The summed E-state index contributed by atoms with van der Waals surface area (Å²) in [5.74, 6) is -1.18. The van der Waals surface area contributed by atoms with Gasteiger partial charge in [-0.1, -0.05) is 30.3 Å². The van der Waals surface area contributed by atoms with E-state index in [0.29, 0.717) is 16.3 Å². The molecule has 0 aliphatic carbocycles. The van der Waals surface area contributed by atoms with Crippen LogP contribution in [-0.4, -0.2) is 30.9 Å². The minimum Gasteiger partial charge on any atom is -0.467 e. The highest BCUT2D eigenvalue weighted by Crippen LogP contribution is 2.23. The van der Waals surface area contributed by atoms with Crippen molar-refractivity contribution in [1.29, 1.82) is 0 Å². The van der Waals surface area contributed by atoms with E-state index in [2.05, 4.69) is 10.6 Å². The summed E-state index contributed by atoms with van der Waals surface area (Å²) in [6, 6.07) is 14.9. The van der Waals surface area contributed by atoms with Gasteiger partial charge in [0.05, 0.1) is 23.3 Å². The maximum atomic E-state index is 12.6. The highest BCUT2D eigenvalue weighted by atomic mass is 32.1. The second-order valence-electron chi connectivity index (χ2n) is 5.83. The lowest BCUT2D eigenvalue weighted by atomic mass is 10.1. The number of anilines is 1. The molecule has 3 rings (SSSR count). The Bertz CT molecular complexity index is 950. The quantitative estimate of drug-likeness (QED) is 0.596. The molecule has 2 amide bonds. The maximum absolute atomic E-state index is 12.6. The zero-order valence-corrected chi connectivity index (χ0v) is 15.8. The number of esters is 1. The number of thiophene rings is 1. The van der Waals surface area contributed by atoms with Crippen LogP contribution in [0.2, 0.25) is 0 Å². The Hall–Kier alpha value is -3.39. The number of amides is 2. The molecule has 3 aromatic rings. The Balaban J connectivity index is 1.66. The van der Waals surface area contributed by atoms with E-state index >= 15 is 0 Å². The third-order valence-corrected chi connectivity index (χ3v) is 4.88. The van der Waals surface area contributed by atoms with Gasteiger partial charge in [-0.3, -0.25) is 9.59 Å². The summed E-state index contributed by atoms with van der Waals surface area (Å²) in [5.41, 5.74) is 0.899. The molecule has 2 N–H and O–H groups in total. The number of benzene rings is 1. The van der Waals surface area contributed by atoms with Gasteiger partial charge in [0.15, 0.2) is 5.76 Å². The molecular weight excluding hydrogens is 380 g/mol. The van der Waals surface area contributed by atoms with Crippen LogP contribution in [0.5, 0.6) is 0 Å². The third kappa shape index (κ3) is 4.86. The van der Waals surface area contributed by atoms with E-state index < -0.39 is 23.8 Å². The first-order valence-electron chi connectivity index (χ1n) is 8.44. The third-order valence-electron chi connectivity index (χ3n) is 3.89. The molecule has 0 aliphatic heterocycles. The Morgan fingerprint density at radius 1 is 1.04 bits per heavy atom. The average molecular weight is 398 g/mol. The summed E-state index contributed by atoms with van der Waals surface area (Å²) in [7, 11) is 1.28. The number of carbonyl (C=O) groups excluding carboxylic acids is 3. The van der Waals surface area contributed by atoms with Crippen LogP contribution in [0, 0.1) is 0 Å². The van der Waals surface area contributed by atoms with E-state index in [1.165, 1.54) is 13.4 Å². The predicted octanol–water partition coefficient (Wildman–Crippen LogP) is 3.11. The van der Waals surface area contributed by atoms with Crippen molar-refractivity contribution < 1.29 is 23.5 Å². The molecule has 0 saturated carbocycles. The predicted molar refractivity (Wildman–Crippen MR) is 104 cm³/mol. The van der Waals surface area contributed by atoms with Gasteiger partial charge in [0.1, 0.15) is 6.04 Å². The highest BCUT2D eigenvalue weighted by molar-refractivity contribution is 7.18. The second-order valence-corrected chi connectivity index (χ2v) is 6.92. The van der Waals surface area contributed by atoms with Gasteiger partial charge in [0.2, 0.25) is 0 Å². The van der Waals surface area contributed by atoms with Crippen LogP contribution in [0.3, 0.4) is 0 Å². The zero-order chi connectivity index (χ0) is 19.9. The van der Waals surface area contributed by atoms with Crippen LogP contribution in [0.1, 0.15) is 25.8 Å². The lowest BCUT2D eigenvalue weighted by Crippen LogP contribution is -2.42. The van der Waals surface area contributed by atoms with E-state index in [1.54, 1.807) is 24.3 Å². The van der Waals surface area contributed by atoms with Gasteiger partial charge in [-0.05, 0) is 29.8 Å². The molecule has 7 nitrogen and oxygen atoms in total. The topological polar surface area (TPSA) is 97.6 Å². The van der Waals surface area contributed by atoms with E-state index in [1.807, 2.05) is 30.3 Å². The number of hydrogen-bond donors (Lipinski definition) is 2. The van der Waals surface area contributed by atoms with Gasteiger partial charge in [-0.15, -0.1) is 11.3 Å². The van der Waals surface area contributed by atoms with Gasteiger partial charge in [-0.25, -0.2) is 4.79 Å². The lowest BCUT2D eigenvalue weighted by molar-refractivity contribution is -0.142. The van der Waals surface area contributed by atoms with Gasteiger partial charge >= 0.3 is 5.97 Å². The standard InChI is InChI=1S/C20H18N2O5S/c1-26-20(25)14(12-13-6-3-2-4-7-13)21-19(24)16-9-10-17(28-16)22-18(23)15-8-5-11-27-15/h2-11,14H,12H2,1H3,(H,21,24)(H,22,23)/t14-/m1/s1. The van der Waals surface area contributed by atoms with Crippen molar-refractivity contribution in [2.75, 3.05) is 12.4 Å². The first kappa shape index (κ1) is 19.4. The van der Waals surface area contributed by atoms with E-state index in [9.17, 15) is 14.4 Å². The number of furan rings is 1. The van der Waals surface area contributed by atoms with E-state index in [-0.39, 0.29) is 5.76 Å². The van der Waals surface area contributed by atoms with Crippen molar-refractivity contribution in [3.63, 3.8) is 0 Å². The number of methoxy groups -OCH3 is 1. The van der Waals surface area contributed by atoms with Gasteiger partial charge in [0, 0.05) is 6.42 Å². The summed E-state index contributed by atoms with van der Waals surface area (Å²) in [6.45, 7) is 0. The maximum Gasteiger partial charge on any atom is 0.328 e. The summed E-state index contributed by atoms with van der Waals surface area (Å²) in [6.07, 6.45) is 1.72. The Kier molecular flexibility index (Phi) is 6.23. The second kappa shape index (κ2) is 9.01. The monoisotopic (exact) mass is 398 g/mol. The molecule has 144 valence electrons. The summed E-state index contributed by atoms with van der Waals surface area (Å²) in [5, 5.41) is 5.84. The van der Waals surface area contributed by atoms with Crippen molar-refractivity contribution in [1.82, 2.24) is 5.32 Å². The molecule has 8 heteroatoms. The Morgan fingerprint density at radius 3 is 2.50 bits per heavy atom. The van der Waals surface area contributed by atoms with E-state index in [4.69, 9.17) is 9.15 Å². The fourth-order valence-electron chi connectivity index (χ4n) is 2.52. The largest absolute Gasteiger partial charge is 0.467 e. The lowest BCUT2D eigenvalue weighted by Gasteiger charge is -2.16. The molecule has 0 radical (unpaired) electrons. The fourth-order valence-corrected chi connectivity index (χ4v) is 3.33. The zero-order valence-electron chi connectivity index (χ0n) is 15.0. The SMILES string of the molecule is COC(=O)[C@@H](Cc1ccccc1)NC(=O)c1ccc(NC(=O)c2ccco2)s1. The molecule has 2 aromatic heterocycles. The molecule has 0 bridgehead atoms.